The Labute approximate surface area is 233 Å². The molecule has 2 unspecified atom stereocenters. The molecule has 4 N–H and O–H groups in total. The van der Waals surface area contributed by atoms with Crippen molar-refractivity contribution < 1.29 is 19.7 Å². The number of likely N-dealkylation sites (tertiary alicyclic amines) is 1. The van der Waals surface area contributed by atoms with Gasteiger partial charge in [0.2, 0.25) is 11.8 Å². The van der Waals surface area contributed by atoms with Crippen molar-refractivity contribution in [1.82, 2.24) is 19.9 Å². The minimum Gasteiger partial charge on any atom is -0.465 e. The number of aryl methyl sites for hydroxylation is 1. The molecule has 0 spiro atoms. The van der Waals surface area contributed by atoms with Crippen molar-refractivity contribution in [1.29, 1.82) is 0 Å². The molecule has 5 rings (SSSR count). The van der Waals surface area contributed by atoms with Gasteiger partial charge in [-0.2, -0.15) is 0 Å². The lowest BCUT2D eigenvalue weighted by atomic mass is 10.0. The Morgan fingerprint density at radius 1 is 1.12 bits per heavy atom. The number of piperidine rings is 1. The lowest BCUT2D eigenvalue weighted by Gasteiger charge is -2.31. The highest BCUT2D eigenvalue weighted by atomic mass is 16.5. The summed E-state index contributed by atoms with van der Waals surface area (Å²) in [6.45, 7) is 5.34. The summed E-state index contributed by atoms with van der Waals surface area (Å²) in [4.78, 5) is 26.4. The number of carbonyl (C=O) groups is 1. The van der Waals surface area contributed by atoms with E-state index >= 15 is 0 Å². The van der Waals surface area contributed by atoms with Crippen molar-refractivity contribution in [3.05, 3.63) is 66.5 Å². The smallest absolute Gasteiger partial charge is 0.407 e. The molecule has 10 nitrogen and oxygen atoms in total. The Bertz CT molecular complexity index is 1500. The fraction of sp³-hybridized carbons (Fsp3) is 0.333. The molecule has 1 fully saturated rings. The van der Waals surface area contributed by atoms with Crippen LogP contribution in [0.4, 0.5) is 16.4 Å². The van der Waals surface area contributed by atoms with Crippen LogP contribution < -0.4 is 15.4 Å². The predicted molar refractivity (Wildman–Crippen MR) is 155 cm³/mol. The zero-order valence-corrected chi connectivity index (χ0v) is 22.7. The number of aliphatic hydroxyl groups excluding tert-OH is 1. The zero-order chi connectivity index (χ0) is 28.1. The number of nitrogens with zero attached hydrogens (tertiary/aromatic N) is 4. The number of rotatable bonds is 9. The van der Waals surface area contributed by atoms with Gasteiger partial charge in [0, 0.05) is 54.5 Å². The monoisotopic (exact) mass is 542 g/mol. The number of hydrogen-bond acceptors (Lipinski definition) is 8. The number of pyridine rings is 1. The maximum Gasteiger partial charge on any atom is 0.407 e. The second kappa shape index (κ2) is 12.2. The summed E-state index contributed by atoms with van der Waals surface area (Å²) >= 11 is 0. The molecule has 0 saturated carbocycles. The normalized spacial score (nSPS) is 16.0. The minimum atomic E-state index is -0.913. The molecule has 1 amide bonds. The maximum atomic E-state index is 11.4. The van der Waals surface area contributed by atoms with E-state index < -0.39 is 12.2 Å². The van der Waals surface area contributed by atoms with E-state index in [1.807, 2.05) is 50.2 Å². The summed E-state index contributed by atoms with van der Waals surface area (Å²) in [5.74, 6) is 1.54. The van der Waals surface area contributed by atoms with Crippen LogP contribution in [0.5, 0.6) is 11.6 Å². The molecular formula is C30H34N6O4. The van der Waals surface area contributed by atoms with E-state index in [-0.39, 0.29) is 6.04 Å². The van der Waals surface area contributed by atoms with Gasteiger partial charge in [-0.1, -0.05) is 31.2 Å². The maximum absolute atomic E-state index is 11.4. The third-order valence-electron chi connectivity index (χ3n) is 7.13. The van der Waals surface area contributed by atoms with Gasteiger partial charge in [0.15, 0.2) is 0 Å². The minimum absolute atomic E-state index is 0.0655. The second-order valence-electron chi connectivity index (χ2n) is 9.99. The first kappa shape index (κ1) is 27.1. The van der Waals surface area contributed by atoms with Crippen molar-refractivity contribution in [3.8, 4) is 22.9 Å². The third-order valence-corrected chi connectivity index (χ3v) is 7.13. The average Bonchev–Trinajstić information content (AvgIpc) is 2.97. The lowest BCUT2D eigenvalue weighted by molar-refractivity contribution is 0.132. The Hall–Kier alpha value is -4.44. The third kappa shape index (κ3) is 6.07. The van der Waals surface area contributed by atoms with Crippen LogP contribution in [0.3, 0.4) is 0 Å². The largest absolute Gasteiger partial charge is 0.465 e. The van der Waals surface area contributed by atoms with E-state index in [1.54, 1.807) is 18.5 Å². The molecule has 4 aromatic rings. The van der Waals surface area contributed by atoms with Crippen molar-refractivity contribution >= 4 is 28.5 Å². The molecule has 2 aromatic carbocycles. The predicted octanol–water partition coefficient (Wildman–Crippen LogP) is 5.53. The number of fused-ring (bicyclic) bond motifs is 1. The number of aromatic nitrogens is 3. The fourth-order valence-electron chi connectivity index (χ4n) is 4.89. The zero-order valence-electron chi connectivity index (χ0n) is 22.7. The average molecular weight is 543 g/mol. The first-order chi connectivity index (χ1) is 19.4. The van der Waals surface area contributed by atoms with Gasteiger partial charge in [0.05, 0.1) is 17.4 Å². The molecule has 1 aliphatic heterocycles. The first-order valence-corrected chi connectivity index (χ1v) is 13.6. The lowest BCUT2D eigenvalue weighted by Crippen LogP contribution is -2.44. The first-order valence-electron chi connectivity index (χ1n) is 13.6. The van der Waals surface area contributed by atoms with E-state index in [0.29, 0.717) is 54.9 Å². The van der Waals surface area contributed by atoms with Crippen molar-refractivity contribution in [2.75, 3.05) is 30.3 Å². The number of ether oxygens (including phenoxy) is 1. The van der Waals surface area contributed by atoms with E-state index in [0.717, 1.165) is 34.9 Å². The van der Waals surface area contributed by atoms with Crippen LogP contribution in [0, 0.1) is 6.92 Å². The number of hydrogen-bond donors (Lipinski definition) is 4. The molecule has 0 radical (unpaired) electrons. The van der Waals surface area contributed by atoms with Gasteiger partial charge in [-0.3, -0.25) is 0 Å². The summed E-state index contributed by atoms with van der Waals surface area (Å²) in [5.41, 5.74) is 3.23. The molecule has 1 saturated heterocycles. The molecular weight excluding hydrogens is 508 g/mol. The van der Waals surface area contributed by atoms with Crippen LogP contribution >= 0.6 is 0 Å². The van der Waals surface area contributed by atoms with Gasteiger partial charge < -0.3 is 30.5 Å². The molecule has 2 aromatic heterocycles. The van der Waals surface area contributed by atoms with E-state index in [2.05, 4.69) is 26.7 Å². The van der Waals surface area contributed by atoms with Gasteiger partial charge in [-0.05, 0) is 56.0 Å². The topological polar surface area (TPSA) is 133 Å². The summed E-state index contributed by atoms with van der Waals surface area (Å²) in [6.07, 6.45) is 4.32. The Balaban J connectivity index is 1.42. The van der Waals surface area contributed by atoms with E-state index in [4.69, 9.17) is 9.72 Å². The molecule has 0 aliphatic carbocycles. The number of aliphatic hydroxyl groups is 1. The van der Waals surface area contributed by atoms with Crippen molar-refractivity contribution in [2.45, 2.75) is 45.3 Å². The number of carboxylic acid groups (broad SMARTS) is 1. The second-order valence-corrected chi connectivity index (χ2v) is 9.99. The van der Waals surface area contributed by atoms with Gasteiger partial charge in [0.1, 0.15) is 5.75 Å². The highest BCUT2D eigenvalue weighted by molar-refractivity contribution is 5.98. The van der Waals surface area contributed by atoms with Crippen LogP contribution in [0.1, 0.15) is 31.7 Å². The molecule has 10 heteroatoms. The number of benzene rings is 2. The standard InChI is InChI=1S/C30H34N6O4/c1-3-21(37)17-33-25-10-4-8-23-22(25)12-11-19(2)27(23)40-28-24(9-5-14-31-28)26-13-15-32-29(35-26)34-20-7-6-16-36(18-20)30(38)39/h4-5,8-15,20-21,33,37H,3,6-7,16-18H2,1-2H3,(H,38,39)(H,32,34,35). The number of anilines is 2. The molecule has 1 aliphatic rings. The van der Waals surface area contributed by atoms with E-state index in [9.17, 15) is 15.0 Å². The summed E-state index contributed by atoms with van der Waals surface area (Å²) in [7, 11) is 0. The summed E-state index contributed by atoms with van der Waals surface area (Å²) < 4.78 is 6.50. The Morgan fingerprint density at radius 2 is 2.00 bits per heavy atom. The van der Waals surface area contributed by atoms with Crippen LogP contribution in [0.2, 0.25) is 0 Å². The van der Waals surface area contributed by atoms with Gasteiger partial charge in [-0.25, -0.2) is 19.7 Å². The van der Waals surface area contributed by atoms with Crippen LogP contribution in [0.25, 0.3) is 22.0 Å². The SMILES string of the molecule is CCC(O)CNc1cccc2c(Oc3ncccc3-c3ccnc(NC4CCCN(C(=O)O)C4)n3)c(C)ccc12. The molecule has 2 atom stereocenters. The van der Waals surface area contributed by atoms with Crippen LogP contribution in [-0.2, 0) is 0 Å². The molecule has 3 heterocycles. The van der Waals surface area contributed by atoms with E-state index in [1.165, 1.54) is 4.90 Å². The summed E-state index contributed by atoms with van der Waals surface area (Å²) in [6, 6.07) is 15.5. The Morgan fingerprint density at radius 3 is 2.83 bits per heavy atom. The number of nitrogens with one attached hydrogen (secondary N) is 2. The fourth-order valence-corrected chi connectivity index (χ4v) is 4.89. The van der Waals surface area contributed by atoms with Crippen LogP contribution in [0.15, 0.2) is 60.9 Å². The van der Waals surface area contributed by atoms with Gasteiger partial charge in [0.25, 0.3) is 0 Å². The Kier molecular flexibility index (Phi) is 8.26. The quantitative estimate of drug-likeness (QED) is 0.215. The summed E-state index contributed by atoms with van der Waals surface area (Å²) in [5, 5.41) is 28.0. The molecule has 0 bridgehead atoms. The van der Waals surface area contributed by atoms with Gasteiger partial charge in [-0.15, -0.1) is 0 Å². The molecule has 40 heavy (non-hydrogen) atoms. The van der Waals surface area contributed by atoms with Crippen LogP contribution in [-0.4, -0.2) is 67.9 Å². The van der Waals surface area contributed by atoms with Crippen molar-refractivity contribution in [3.63, 3.8) is 0 Å². The number of amides is 1. The highest BCUT2D eigenvalue weighted by Crippen LogP contribution is 2.38. The van der Waals surface area contributed by atoms with Crippen molar-refractivity contribution in [2.24, 2.45) is 0 Å². The van der Waals surface area contributed by atoms with Gasteiger partial charge >= 0.3 is 6.09 Å². The molecule has 208 valence electrons. The highest BCUT2D eigenvalue weighted by Gasteiger charge is 2.24.